The van der Waals surface area contributed by atoms with Gasteiger partial charge in [0.05, 0.1) is 24.1 Å². The van der Waals surface area contributed by atoms with E-state index < -0.39 is 0 Å². The molecule has 24 heavy (non-hydrogen) atoms. The highest BCUT2D eigenvalue weighted by molar-refractivity contribution is 5.77. The number of rotatable bonds is 0. The van der Waals surface area contributed by atoms with E-state index in [0.717, 1.165) is 39.1 Å². The van der Waals surface area contributed by atoms with Crippen LogP contribution >= 0.6 is 0 Å². The smallest absolute Gasteiger partial charge is 0.0659 e. The van der Waals surface area contributed by atoms with E-state index in [1.54, 1.807) is 6.08 Å². The van der Waals surface area contributed by atoms with Gasteiger partial charge in [-0.15, -0.1) is 0 Å². The molecule has 0 aromatic carbocycles. The second-order valence-corrected chi connectivity index (χ2v) is 5.82. The molecule has 3 aromatic heterocycles. The average molecular weight is 311 g/mol. The molecule has 114 valence electrons. The molecule has 0 amide bonds. The number of hydrogen-bond donors (Lipinski definition) is 2. The molecule has 2 aliphatic heterocycles. The normalized spacial score (nSPS) is 13.7. The van der Waals surface area contributed by atoms with Crippen molar-refractivity contribution in [2.24, 2.45) is 0 Å². The number of nitrogens with one attached hydrogen (secondary N) is 2. The summed E-state index contributed by atoms with van der Waals surface area (Å²) in [5.41, 5.74) is 7.04. The number of nitrogens with zero attached hydrogens (tertiary/aromatic N) is 2. The van der Waals surface area contributed by atoms with E-state index in [1.165, 1.54) is 0 Å². The highest BCUT2D eigenvalue weighted by Crippen LogP contribution is 2.17. The molecule has 0 radical (unpaired) electrons. The lowest BCUT2D eigenvalue weighted by atomic mass is 10.3. The van der Waals surface area contributed by atoms with Crippen LogP contribution in [0.4, 0.5) is 0 Å². The fraction of sp³-hybridized carbons (Fsp3) is 0. The van der Waals surface area contributed by atoms with Crippen LogP contribution in [-0.2, 0) is 0 Å². The van der Waals surface area contributed by atoms with E-state index in [-0.39, 0.29) is 0 Å². The summed E-state index contributed by atoms with van der Waals surface area (Å²) in [6, 6.07) is 16.3. The summed E-state index contributed by atoms with van der Waals surface area (Å²) < 4.78 is 8.13. The first-order valence-corrected chi connectivity index (χ1v) is 7.76. The van der Waals surface area contributed by atoms with Crippen molar-refractivity contribution < 1.29 is 1.37 Å². The van der Waals surface area contributed by atoms with Gasteiger partial charge in [0.2, 0.25) is 0 Å². The number of hydrogen-bond acceptors (Lipinski definition) is 2. The van der Waals surface area contributed by atoms with Crippen LogP contribution in [-0.4, -0.2) is 19.9 Å². The Labute approximate surface area is 139 Å². The van der Waals surface area contributed by atoms with Crippen LogP contribution in [0.3, 0.4) is 0 Å². The van der Waals surface area contributed by atoms with Crippen LogP contribution in [0.5, 0.6) is 0 Å². The Hall–Kier alpha value is -3.40. The lowest BCUT2D eigenvalue weighted by molar-refractivity contribution is 1.28. The lowest BCUT2D eigenvalue weighted by Crippen LogP contribution is -1.77. The largest absolute Gasteiger partial charge is 0.355 e. The maximum atomic E-state index is 8.13. The first-order chi connectivity index (χ1) is 12.2. The molecule has 0 atom stereocenters. The molecule has 3 aromatic rings. The number of aromatic nitrogens is 4. The Morgan fingerprint density at radius 2 is 1.08 bits per heavy atom. The van der Waals surface area contributed by atoms with E-state index in [4.69, 9.17) is 1.37 Å². The molecular formula is C20H14N4. The first-order valence-electron chi connectivity index (χ1n) is 8.26. The fourth-order valence-electron chi connectivity index (χ4n) is 2.88. The summed E-state index contributed by atoms with van der Waals surface area (Å²) in [5.74, 6) is 0. The van der Waals surface area contributed by atoms with Gasteiger partial charge in [-0.3, -0.25) is 0 Å². The molecular weight excluding hydrogens is 296 g/mol. The van der Waals surface area contributed by atoms with Crippen molar-refractivity contribution in [3.63, 3.8) is 0 Å². The molecule has 0 fully saturated rings. The van der Waals surface area contributed by atoms with Gasteiger partial charge < -0.3 is 9.97 Å². The number of H-pyrrole nitrogens is 2. The molecule has 2 N–H and O–H groups in total. The van der Waals surface area contributed by atoms with Crippen LogP contribution in [0.1, 0.15) is 24.1 Å². The van der Waals surface area contributed by atoms with Gasteiger partial charge in [-0.05, 0) is 72.8 Å². The van der Waals surface area contributed by atoms with E-state index in [0.29, 0.717) is 11.7 Å². The minimum atomic E-state index is 0.405. The fourth-order valence-corrected chi connectivity index (χ4v) is 2.88. The SMILES string of the molecule is [2H]C1=Cc2cc3nc(cc4ccc(cc5ccc(cc1n2)[nH]5)[nH]4)C=C3. The Balaban J connectivity index is 1.86. The van der Waals surface area contributed by atoms with Gasteiger partial charge in [0.25, 0.3) is 0 Å². The third-order valence-electron chi connectivity index (χ3n) is 3.97. The molecule has 8 bridgehead atoms. The number of aromatic amines is 2. The zero-order chi connectivity index (χ0) is 16.8. The van der Waals surface area contributed by atoms with Crippen LogP contribution in [0, 0.1) is 0 Å². The van der Waals surface area contributed by atoms with Crippen LogP contribution in [0.25, 0.3) is 46.3 Å². The topological polar surface area (TPSA) is 57.4 Å². The molecule has 5 heterocycles. The summed E-state index contributed by atoms with van der Waals surface area (Å²) in [4.78, 5) is 15.8. The Bertz CT molecular complexity index is 1210. The van der Waals surface area contributed by atoms with Crippen molar-refractivity contribution in [2.75, 3.05) is 0 Å². The molecule has 5 rings (SSSR count). The van der Waals surface area contributed by atoms with Crippen molar-refractivity contribution in [3.05, 3.63) is 71.3 Å². The van der Waals surface area contributed by atoms with Gasteiger partial charge in [-0.2, -0.15) is 0 Å². The van der Waals surface area contributed by atoms with E-state index in [9.17, 15) is 0 Å². The summed E-state index contributed by atoms with van der Waals surface area (Å²) in [6.45, 7) is 0. The lowest BCUT2D eigenvalue weighted by Gasteiger charge is -1.86. The first kappa shape index (κ1) is 12.1. The molecule has 0 unspecified atom stereocenters. The molecule has 2 aliphatic rings. The van der Waals surface area contributed by atoms with Crippen molar-refractivity contribution in [1.82, 2.24) is 19.9 Å². The van der Waals surface area contributed by atoms with Crippen LogP contribution in [0.15, 0.2) is 48.5 Å². The molecule has 0 spiro atoms. The predicted molar refractivity (Wildman–Crippen MR) is 98.9 cm³/mol. The summed E-state index contributed by atoms with van der Waals surface area (Å²) >= 11 is 0. The quantitative estimate of drug-likeness (QED) is 0.496. The zero-order valence-corrected chi connectivity index (χ0v) is 12.7. The van der Waals surface area contributed by atoms with E-state index in [2.05, 4.69) is 19.9 Å². The molecule has 0 aliphatic carbocycles. The van der Waals surface area contributed by atoms with Gasteiger partial charge in [-0.25, -0.2) is 9.97 Å². The summed E-state index contributed by atoms with van der Waals surface area (Å²) in [5, 5.41) is 0. The highest BCUT2D eigenvalue weighted by Gasteiger charge is 2.02. The van der Waals surface area contributed by atoms with Crippen LogP contribution < -0.4 is 0 Å². The minimum Gasteiger partial charge on any atom is -0.355 e. The zero-order valence-electron chi connectivity index (χ0n) is 13.7. The maximum absolute atomic E-state index is 8.13. The summed E-state index contributed by atoms with van der Waals surface area (Å²) in [6.07, 6.45) is 5.69. The highest BCUT2D eigenvalue weighted by atomic mass is 14.8. The van der Waals surface area contributed by atoms with Crippen molar-refractivity contribution in [1.29, 1.82) is 0 Å². The Morgan fingerprint density at radius 3 is 1.79 bits per heavy atom. The van der Waals surface area contributed by atoms with Crippen molar-refractivity contribution in [3.8, 4) is 0 Å². The molecule has 4 nitrogen and oxygen atoms in total. The van der Waals surface area contributed by atoms with Gasteiger partial charge in [0.15, 0.2) is 0 Å². The average Bonchev–Trinajstić information content (AvgIpc) is 3.33. The van der Waals surface area contributed by atoms with Gasteiger partial charge in [0, 0.05) is 22.1 Å². The van der Waals surface area contributed by atoms with Gasteiger partial charge >= 0.3 is 0 Å². The monoisotopic (exact) mass is 311 g/mol. The van der Waals surface area contributed by atoms with Crippen LogP contribution in [0.2, 0.25) is 0 Å². The van der Waals surface area contributed by atoms with Crippen molar-refractivity contribution >= 4 is 46.3 Å². The minimum absolute atomic E-state index is 0.405. The summed E-state index contributed by atoms with van der Waals surface area (Å²) in [7, 11) is 0. The van der Waals surface area contributed by atoms with Gasteiger partial charge in [-0.1, -0.05) is 0 Å². The Kier molecular flexibility index (Phi) is 2.55. The maximum Gasteiger partial charge on any atom is 0.0659 e. The third-order valence-corrected chi connectivity index (χ3v) is 3.97. The van der Waals surface area contributed by atoms with Gasteiger partial charge in [0.1, 0.15) is 0 Å². The van der Waals surface area contributed by atoms with E-state index in [1.807, 2.05) is 60.7 Å². The molecule has 0 saturated carbocycles. The van der Waals surface area contributed by atoms with Crippen molar-refractivity contribution in [2.45, 2.75) is 0 Å². The number of fused-ring (bicyclic) bond motifs is 8. The standard InChI is InChI=1S/C20H14N4/c1-2-14-10-16-5-6-18(23-16)12-20-8-7-19(24-20)11-17-4-3-15(22-17)9-13(1)21-14/h1-12,21-22H/i5D. The van der Waals surface area contributed by atoms with E-state index >= 15 is 0 Å². The third kappa shape index (κ3) is 2.44. The molecule has 0 saturated heterocycles. The predicted octanol–water partition coefficient (Wildman–Crippen LogP) is 4.66. The molecule has 4 heteroatoms. The second kappa shape index (κ2) is 5.06. The Morgan fingerprint density at radius 1 is 0.583 bits per heavy atom. The second-order valence-electron chi connectivity index (χ2n) is 5.82.